The molecule has 0 aromatic carbocycles. The molecule has 6 heteroatoms. The number of anilines is 1. The molecule has 3 heterocycles. The van der Waals surface area contributed by atoms with E-state index >= 15 is 0 Å². The van der Waals surface area contributed by atoms with Crippen molar-refractivity contribution in [3.8, 4) is 0 Å². The first-order chi connectivity index (χ1) is 12.9. The normalized spacial score (nSPS) is 23.5. The molecule has 1 aromatic heterocycles. The topological polar surface area (TPSA) is 52.6 Å². The van der Waals surface area contributed by atoms with Gasteiger partial charge in [0.15, 0.2) is 0 Å². The SMILES string of the molecule is CCCc1cnc(C)nc1N1CCCC2(CCC(=O)N(CCN(C)C)C2)C1. The number of carbonyl (C=O) groups is 1. The predicted octanol–water partition coefficient (Wildman–Crippen LogP) is 2.51. The summed E-state index contributed by atoms with van der Waals surface area (Å²) in [5, 5.41) is 0. The van der Waals surface area contributed by atoms with Crippen molar-refractivity contribution in [2.24, 2.45) is 5.41 Å². The Labute approximate surface area is 164 Å². The van der Waals surface area contributed by atoms with Crippen molar-refractivity contribution in [2.45, 2.75) is 52.4 Å². The molecule has 0 bridgehead atoms. The summed E-state index contributed by atoms with van der Waals surface area (Å²) < 4.78 is 0. The molecule has 3 rings (SSSR count). The molecule has 150 valence electrons. The van der Waals surface area contributed by atoms with E-state index < -0.39 is 0 Å². The highest BCUT2D eigenvalue weighted by Gasteiger charge is 2.42. The summed E-state index contributed by atoms with van der Waals surface area (Å²) in [7, 11) is 4.14. The zero-order valence-electron chi connectivity index (χ0n) is 17.5. The molecule has 6 nitrogen and oxygen atoms in total. The first kappa shape index (κ1) is 20.1. The number of hydrogen-bond donors (Lipinski definition) is 0. The number of piperidine rings is 2. The fourth-order valence-electron chi connectivity index (χ4n) is 4.55. The summed E-state index contributed by atoms with van der Waals surface area (Å²) in [5.74, 6) is 2.29. The highest BCUT2D eigenvalue weighted by Crippen LogP contribution is 2.40. The van der Waals surface area contributed by atoms with Crippen LogP contribution in [0.25, 0.3) is 0 Å². The number of nitrogens with zero attached hydrogens (tertiary/aromatic N) is 5. The minimum atomic E-state index is 0.209. The third-order valence-corrected chi connectivity index (χ3v) is 6.01. The van der Waals surface area contributed by atoms with Crippen LogP contribution in [0.1, 0.15) is 50.4 Å². The molecule has 0 aliphatic carbocycles. The van der Waals surface area contributed by atoms with Crippen molar-refractivity contribution in [3.05, 3.63) is 17.6 Å². The largest absolute Gasteiger partial charge is 0.356 e. The van der Waals surface area contributed by atoms with Crippen molar-refractivity contribution < 1.29 is 4.79 Å². The maximum absolute atomic E-state index is 12.4. The molecule has 1 unspecified atom stereocenters. The molecule has 1 amide bonds. The van der Waals surface area contributed by atoms with Gasteiger partial charge < -0.3 is 14.7 Å². The first-order valence-electron chi connectivity index (χ1n) is 10.4. The second-order valence-electron chi connectivity index (χ2n) is 8.66. The van der Waals surface area contributed by atoms with Crippen LogP contribution in [0.5, 0.6) is 0 Å². The molecule has 2 aliphatic heterocycles. The van der Waals surface area contributed by atoms with Crippen LogP contribution in [0.4, 0.5) is 5.82 Å². The molecule has 1 atom stereocenters. The van der Waals surface area contributed by atoms with Gasteiger partial charge >= 0.3 is 0 Å². The van der Waals surface area contributed by atoms with Gasteiger partial charge in [0.05, 0.1) is 0 Å². The molecular weight excluding hydrogens is 338 g/mol. The number of rotatable bonds is 6. The quantitative estimate of drug-likeness (QED) is 0.767. The predicted molar refractivity (Wildman–Crippen MR) is 109 cm³/mol. The lowest BCUT2D eigenvalue weighted by Gasteiger charge is -2.49. The Balaban J connectivity index is 1.77. The van der Waals surface area contributed by atoms with Crippen molar-refractivity contribution in [2.75, 3.05) is 51.7 Å². The second kappa shape index (κ2) is 8.55. The van der Waals surface area contributed by atoms with Gasteiger partial charge in [-0.2, -0.15) is 0 Å². The third-order valence-electron chi connectivity index (χ3n) is 6.01. The molecular formula is C21H35N5O. The second-order valence-corrected chi connectivity index (χ2v) is 8.66. The standard InChI is InChI=1S/C21H35N5O/c1-5-7-18-14-22-17(2)23-20(18)26-11-6-9-21(16-26)10-8-19(27)25(15-21)13-12-24(3)4/h14H,5-13,15-16H2,1-4H3. The van der Waals surface area contributed by atoms with Crippen LogP contribution in [0, 0.1) is 12.3 Å². The molecule has 2 aliphatic rings. The number of likely N-dealkylation sites (tertiary alicyclic amines) is 1. The van der Waals surface area contributed by atoms with E-state index in [-0.39, 0.29) is 5.41 Å². The van der Waals surface area contributed by atoms with Crippen LogP contribution in [-0.4, -0.2) is 72.5 Å². The van der Waals surface area contributed by atoms with Crippen molar-refractivity contribution >= 4 is 11.7 Å². The number of aromatic nitrogens is 2. The zero-order chi connectivity index (χ0) is 19.4. The number of amides is 1. The van der Waals surface area contributed by atoms with Gasteiger partial charge in [-0.05, 0) is 46.7 Å². The van der Waals surface area contributed by atoms with Crippen LogP contribution in [0.2, 0.25) is 0 Å². The monoisotopic (exact) mass is 373 g/mol. The molecule has 1 aromatic rings. The fourth-order valence-corrected chi connectivity index (χ4v) is 4.55. The Morgan fingerprint density at radius 1 is 1.26 bits per heavy atom. The summed E-state index contributed by atoms with van der Waals surface area (Å²) in [6, 6.07) is 0. The maximum Gasteiger partial charge on any atom is 0.222 e. The Morgan fingerprint density at radius 2 is 2.07 bits per heavy atom. The van der Waals surface area contributed by atoms with Gasteiger partial charge in [0.2, 0.25) is 5.91 Å². The first-order valence-corrected chi connectivity index (χ1v) is 10.4. The Morgan fingerprint density at radius 3 is 2.81 bits per heavy atom. The van der Waals surface area contributed by atoms with Gasteiger partial charge in [-0.15, -0.1) is 0 Å². The zero-order valence-corrected chi connectivity index (χ0v) is 17.5. The van der Waals surface area contributed by atoms with Crippen LogP contribution in [0.15, 0.2) is 6.20 Å². The summed E-state index contributed by atoms with van der Waals surface area (Å²) in [5.41, 5.74) is 1.47. The fraction of sp³-hybridized carbons (Fsp3) is 0.762. The smallest absolute Gasteiger partial charge is 0.222 e. The summed E-state index contributed by atoms with van der Waals surface area (Å²) in [4.78, 5) is 28.4. The molecule has 0 radical (unpaired) electrons. The number of hydrogen-bond acceptors (Lipinski definition) is 5. The minimum absolute atomic E-state index is 0.209. The minimum Gasteiger partial charge on any atom is -0.356 e. The van der Waals surface area contributed by atoms with E-state index in [0.717, 1.165) is 63.6 Å². The van der Waals surface area contributed by atoms with Gasteiger partial charge in [0.25, 0.3) is 0 Å². The third kappa shape index (κ3) is 4.78. The van der Waals surface area contributed by atoms with E-state index in [1.165, 1.54) is 18.4 Å². The summed E-state index contributed by atoms with van der Waals surface area (Å²) in [6.07, 6.45) is 8.21. The van der Waals surface area contributed by atoms with Crippen molar-refractivity contribution in [1.82, 2.24) is 19.8 Å². The summed E-state index contributed by atoms with van der Waals surface area (Å²) >= 11 is 0. The van der Waals surface area contributed by atoms with Crippen LogP contribution in [0.3, 0.4) is 0 Å². The van der Waals surface area contributed by atoms with E-state index in [1.54, 1.807) is 0 Å². The van der Waals surface area contributed by atoms with E-state index in [9.17, 15) is 4.79 Å². The average Bonchev–Trinajstić information content (AvgIpc) is 2.64. The van der Waals surface area contributed by atoms with Crippen LogP contribution >= 0.6 is 0 Å². The molecule has 27 heavy (non-hydrogen) atoms. The lowest BCUT2D eigenvalue weighted by Crippen LogP contribution is -2.55. The number of carbonyl (C=O) groups excluding carboxylic acids is 1. The van der Waals surface area contributed by atoms with Gasteiger partial charge in [0, 0.05) is 56.3 Å². The lowest BCUT2D eigenvalue weighted by atomic mass is 9.73. The maximum atomic E-state index is 12.4. The number of likely N-dealkylation sites (N-methyl/N-ethyl adjacent to an activating group) is 1. The van der Waals surface area contributed by atoms with E-state index in [0.29, 0.717) is 12.3 Å². The van der Waals surface area contributed by atoms with E-state index in [4.69, 9.17) is 4.98 Å². The van der Waals surface area contributed by atoms with E-state index in [1.807, 2.05) is 13.1 Å². The molecule has 0 N–H and O–H groups in total. The highest BCUT2D eigenvalue weighted by molar-refractivity contribution is 5.77. The van der Waals surface area contributed by atoms with Gasteiger partial charge in [-0.1, -0.05) is 13.3 Å². The van der Waals surface area contributed by atoms with Crippen LogP contribution in [-0.2, 0) is 11.2 Å². The molecule has 1 spiro atoms. The van der Waals surface area contributed by atoms with Crippen LogP contribution < -0.4 is 4.90 Å². The molecule has 0 saturated carbocycles. The lowest BCUT2D eigenvalue weighted by molar-refractivity contribution is -0.138. The highest BCUT2D eigenvalue weighted by atomic mass is 16.2. The summed E-state index contributed by atoms with van der Waals surface area (Å²) in [6.45, 7) is 8.90. The molecule has 2 fully saturated rings. The number of aryl methyl sites for hydroxylation is 2. The van der Waals surface area contributed by atoms with Gasteiger partial charge in [-0.25, -0.2) is 9.97 Å². The molecule has 2 saturated heterocycles. The van der Waals surface area contributed by atoms with Gasteiger partial charge in [-0.3, -0.25) is 4.79 Å². The Kier molecular flexibility index (Phi) is 6.35. The van der Waals surface area contributed by atoms with Gasteiger partial charge in [0.1, 0.15) is 11.6 Å². The van der Waals surface area contributed by atoms with Crippen molar-refractivity contribution in [3.63, 3.8) is 0 Å². The van der Waals surface area contributed by atoms with Crippen molar-refractivity contribution in [1.29, 1.82) is 0 Å². The average molecular weight is 374 g/mol. The van der Waals surface area contributed by atoms with E-state index in [2.05, 4.69) is 40.7 Å². The Hall–Kier alpha value is -1.69. The Bertz CT molecular complexity index is 662.